The molecule has 0 bridgehead atoms. The Morgan fingerprint density at radius 2 is 2.05 bits per heavy atom. The molecule has 0 aliphatic rings. The van der Waals surface area contributed by atoms with Gasteiger partial charge in [-0.25, -0.2) is 0 Å². The molecule has 20 heavy (non-hydrogen) atoms. The van der Waals surface area contributed by atoms with Crippen LogP contribution in [0.2, 0.25) is 0 Å². The van der Waals surface area contributed by atoms with Crippen LogP contribution in [0.4, 0.5) is 0 Å². The van der Waals surface area contributed by atoms with Crippen molar-refractivity contribution in [3.05, 3.63) is 35.5 Å². The first kappa shape index (κ1) is 14.3. The standard InChI is InChI=1S/C14H19N3O3/c1-3-13-16-14(20-17-13)9-19-11-6-5-10(8-15)7-12(11)18-4-2/h5-7H,3-4,8-9,15H2,1-2H3. The van der Waals surface area contributed by atoms with E-state index in [0.717, 1.165) is 12.0 Å². The number of aryl methyl sites for hydroxylation is 1. The summed E-state index contributed by atoms with van der Waals surface area (Å²) < 4.78 is 16.3. The van der Waals surface area contributed by atoms with Crippen molar-refractivity contribution in [1.82, 2.24) is 10.1 Å². The second-order valence-electron chi connectivity index (χ2n) is 4.16. The molecule has 6 nitrogen and oxygen atoms in total. The zero-order valence-electron chi connectivity index (χ0n) is 11.8. The van der Waals surface area contributed by atoms with Gasteiger partial charge in [-0.15, -0.1) is 0 Å². The molecule has 6 heteroatoms. The van der Waals surface area contributed by atoms with Crippen molar-refractivity contribution in [2.24, 2.45) is 5.73 Å². The molecule has 0 saturated carbocycles. The van der Waals surface area contributed by atoms with Crippen molar-refractivity contribution in [1.29, 1.82) is 0 Å². The highest BCUT2D eigenvalue weighted by Crippen LogP contribution is 2.29. The van der Waals surface area contributed by atoms with Gasteiger partial charge in [0.15, 0.2) is 23.9 Å². The van der Waals surface area contributed by atoms with Crippen molar-refractivity contribution in [3.8, 4) is 11.5 Å². The van der Waals surface area contributed by atoms with E-state index in [1.54, 1.807) is 0 Å². The maximum atomic E-state index is 5.67. The van der Waals surface area contributed by atoms with Gasteiger partial charge < -0.3 is 19.7 Å². The molecular formula is C14H19N3O3. The largest absolute Gasteiger partial charge is 0.490 e. The third-order valence-electron chi connectivity index (χ3n) is 2.72. The molecule has 0 spiro atoms. The summed E-state index contributed by atoms with van der Waals surface area (Å²) in [6.07, 6.45) is 0.735. The quantitative estimate of drug-likeness (QED) is 0.834. The molecule has 1 aromatic heterocycles. The van der Waals surface area contributed by atoms with Crippen LogP contribution in [0.1, 0.15) is 31.1 Å². The van der Waals surface area contributed by atoms with Gasteiger partial charge >= 0.3 is 0 Å². The minimum absolute atomic E-state index is 0.217. The van der Waals surface area contributed by atoms with Crippen LogP contribution in [-0.2, 0) is 19.6 Å². The first-order chi connectivity index (χ1) is 9.76. The summed E-state index contributed by atoms with van der Waals surface area (Å²) in [6, 6.07) is 5.62. The Morgan fingerprint density at radius 3 is 2.70 bits per heavy atom. The van der Waals surface area contributed by atoms with E-state index < -0.39 is 0 Å². The van der Waals surface area contributed by atoms with Crippen LogP contribution in [0.25, 0.3) is 0 Å². The van der Waals surface area contributed by atoms with E-state index in [1.807, 2.05) is 32.0 Å². The van der Waals surface area contributed by atoms with Gasteiger partial charge in [-0.1, -0.05) is 18.1 Å². The van der Waals surface area contributed by atoms with Gasteiger partial charge in [-0.3, -0.25) is 0 Å². The Labute approximate surface area is 117 Å². The van der Waals surface area contributed by atoms with E-state index in [0.29, 0.717) is 36.4 Å². The fourth-order valence-electron chi connectivity index (χ4n) is 1.70. The topological polar surface area (TPSA) is 83.4 Å². The van der Waals surface area contributed by atoms with Gasteiger partial charge in [0.1, 0.15) is 0 Å². The number of benzene rings is 1. The second kappa shape index (κ2) is 6.91. The van der Waals surface area contributed by atoms with E-state index in [1.165, 1.54) is 0 Å². The molecule has 0 radical (unpaired) electrons. The lowest BCUT2D eigenvalue weighted by molar-refractivity contribution is 0.228. The fraction of sp³-hybridized carbons (Fsp3) is 0.429. The second-order valence-corrected chi connectivity index (χ2v) is 4.16. The third kappa shape index (κ3) is 3.48. The molecule has 1 heterocycles. The molecule has 2 N–H and O–H groups in total. The molecule has 0 unspecified atom stereocenters. The molecule has 0 atom stereocenters. The molecule has 0 amide bonds. The third-order valence-corrected chi connectivity index (χ3v) is 2.72. The maximum Gasteiger partial charge on any atom is 0.264 e. The molecule has 0 saturated heterocycles. The van der Waals surface area contributed by atoms with Gasteiger partial charge in [0.25, 0.3) is 5.89 Å². The zero-order chi connectivity index (χ0) is 14.4. The molecular weight excluding hydrogens is 258 g/mol. The van der Waals surface area contributed by atoms with Crippen molar-refractivity contribution in [2.45, 2.75) is 33.4 Å². The first-order valence-electron chi connectivity index (χ1n) is 6.66. The highest BCUT2D eigenvalue weighted by atomic mass is 16.5. The van der Waals surface area contributed by atoms with Gasteiger partial charge in [-0.2, -0.15) is 4.98 Å². The SMILES string of the molecule is CCOc1cc(CN)ccc1OCc1nc(CC)no1. The van der Waals surface area contributed by atoms with Crippen LogP contribution in [0.15, 0.2) is 22.7 Å². The average Bonchev–Trinajstić information content (AvgIpc) is 2.94. The Balaban J connectivity index is 2.07. The Bertz CT molecular complexity index is 554. The average molecular weight is 277 g/mol. The maximum absolute atomic E-state index is 5.67. The van der Waals surface area contributed by atoms with Gasteiger partial charge in [0.2, 0.25) is 0 Å². The van der Waals surface area contributed by atoms with Gasteiger partial charge in [0.05, 0.1) is 6.61 Å². The number of nitrogens with zero attached hydrogens (tertiary/aromatic N) is 2. The summed E-state index contributed by atoms with van der Waals surface area (Å²) in [4.78, 5) is 4.19. The number of hydrogen-bond acceptors (Lipinski definition) is 6. The van der Waals surface area contributed by atoms with E-state index in [9.17, 15) is 0 Å². The van der Waals surface area contributed by atoms with E-state index in [-0.39, 0.29) is 6.61 Å². The number of nitrogens with two attached hydrogens (primary N) is 1. The minimum Gasteiger partial charge on any atom is -0.490 e. The van der Waals surface area contributed by atoms with Crippen molar-refractivity contribution >= 4 is 0 Å². The lowest BCUT2D eigenvalue weighted by Gasteiger charge is -2.11. The normalized spacial score (nSPS) is 10.6. The Hall–Kier alpha value is -2.08. The lowest BCUT2D eigenvalue weighted by atomic mass is 10.2. The number of hydrogen-bond donors (Lipinski definition) is 1. The van der Waals surface area contributed by atoms with Crippen LogP contribution in [-0.4, -0.2) is 16.7 Å². The van der Waals surface area contributed by atoms with Crippen LogP contribution in [0, 0.1) is 0 Å². The van der Waals surface area contributed by atoms with Gasteiger partial charge in [-0.05, 0) is 24.6 Å². The first-order valence-corrected chi connectivity index (χ1v) is 6.66. The molecule has 0 aliphatic carbocycles. The highest BCUT2D eigenvalue weighted by Gasteiger charge is 2.09. The number of aromatic nitrogens is 2. The van der Waals surface area contributed by atoms with Crippen molar-refractivity contribution in [2.75, 3.05) is 6.61 Å². The minimum atomic E-state index is 0.217. The predicted octanol–water partition coefficient (Wildman–Crippen LogP) is 2.07. The Morgan fingerprint density at radius 1 is 1.20 bits per heavy atom. The fourth-order valence-corrected chi connectivity index (χ4v) is 1.70. The molecule has 2 rings (SSSR count). The zero-order valence-corrected chi connectivity index (χ0v) is 11.8. The molecule has 0 aliphatic heterocycles. The van der Waals surface area contributed by atoms with Crippen LogP contribution >= 0.6 is 0 Å². The van der Waals surface area contributed by atoms with E-state index in [2.05, 4.69) is 10.1 Å². The lowest BCUT2D eigenvalue weighted by Crippen LogP contribution is -2.02. The molecule has 1 aromatic carbocycles. The monoisotopic (exact) mass is 277 g/mol. The highest BCUT2D eigenvalue weighted by molar-refractivity contribution is 5.43. The number of rotatable bonds is 7. The van der Waals surface area contributed by atoms with Crippen LogP contribution in [0.5, 0.6) is 11.5 Å². The van der Waals surface area contributed by atoms with Gasteiger partial charge in [0, 0.05) is 13.0 Å². The molecule has 2 aromatic rings. The van der Waals surface area contributed by atoms with Crippen molar-refractivity contribution in [3.63, 3.8) is 0 Å². The molecule has 0 fully saturated rings. The number of ether oxygens (including phenoxy) is 2. The van der Waals surface area contributed by atoms with E-state index >= 15 is 0 Å². The summed E-state index contributed by atoms with van der Waals surface area (Å²) in [5, 5.41) is 3.82. The van der Waals surface area contributed by atoms with Crippen LogP contribution < -0.4 is 15.2 Å². The van der Waals surface area contributed by atoms with E-state index in [4.69, 9.17) is 19.7 Å². The van der Waals surface area contributed by atoms with Crippen LogP contribution in [0.3, 0.4) is 0 Å². The Kier molecular flexibility index (Phi) is 4.95. The summed E-state index contributed by atoms with van der Waals surface area (Å²) in [7, 11) is 0. The summed E-state index contributed by atoms with van der Waals surface area (Å²) >= 11 is 0. The summed E-state index contributed by atoms with van der Waals surface area (Å²) in [6.45, 7) is 5.13. The summed E-state index contributed by atoms with van der Waals surface area (Å²) in [5.41, 5.74) is 6.61. The summed E-state index contributed by atoms with van der Waals surface area (Å²) in [5.74, 6) is 2.44. The smallest absolute Gasteiger partial charge is 0.264 e. The molecule has 108 valence electrons. The predicted molar refractivity (Wildman–Crippen MR) is 73.5 cm³/mol. The van der Waals surface area contributed by atoms with Crippen molar-refractivity contribution < 1.29 is 14.0 Å².